The second-order valence-corrected chi connectivity index (χ2v) is 6.40. The Bertz CT molecular complexity index is 497. The lowest BCUT2D eigenvalue weighted by Crippen LogP contribution is -2.58. The smallest absolute Gasteiger partial charge is 0.242 e. The molecule has 1 aromatic rings. The summed E-state index contributed by atoms with van der Waals surface area (Å²) in [5.41, 5.74) is 0.954. The molecule has 0 spiro atoms. The fraction of sp³-hybridized carbons (Fsp3) is 0.647. The number of halogens is 1. The molecule has 0 aliphatic carbocycles. The van der Waals surface area contributed by atoms with E-state index in [4.69, 9.17) is 0 Å². The van der Waals surface area contributed by atoms with E-state index in [0.717, 1.165) is 58.5 Å². The number of nitrogens with zero attached hydrogens (tertiary/aromatic N) is 3. The zero-order valence-corrected chi connectivity index (χ0v) is 14.6. The van der Waals surface area contributed by atoms with Gasteiger partial charge >= 0.3 is 0 Å². The van der Waals surface area contributed by atoms with E-state index >= 15 is 0 Å². The molecule has 0 radical (unpaired) electrons. The lowest BCUT2D eigenvalue weighted by atomic mass is 9.92. The average molecular weight is 339 g/mol. The van der Waals surface area contributed by atoms with Gasteiger partial charge in [-0.3, -0.25) is 14.7 Å². The third-order valence-corrected chi connectivity index (χ3v) is 5.05. The van der Waals surface area contributed by atoms with Gasteiger partial charge in [0, 0.05) is 45.1 Å². The summed E-state index contributed by atoms with van der Waals surface area (Å²) < 4.78 is 0. The maximum atomic E-state index is 12.9. The summed E-state index contributed by atoms with van der Waals surface area (Å²) in [7, 11) is 0. The molecular weight excluding hydrogens is 312 g/mol. The van der Waals surface area contributed by atoms with Crippen LogP contribution in [0.15, 0.2) is 24.5 Å². The number of carbonyl (C=O) groups excluding carboxylic acids is 1. The fourth-order valence-corrected chi connectivity index (χ4v) is 3.60. The van der Waals surface area contributed by atoms with Crippen LogP contribution in [-0.4, -0.2) is 59.0 Å². The minimum absolute atomic E-state index is 0. The molecule has 1 unspecified atom stereocenters. The number of pyridine rings is 1. The molecule has 3 heterocycles. The Labute approximate surface area is 144 Å². The summed E-state index contributed by atoms with van der Waals surface area (Å²) >= 11 is 0. The SMILES string of the molecule is CCC1(C(=O)N2CCN(Cc3cccnc3)CC2)CCCN1.Cl. The number of hydrogen-bond acceptors (Lipinski definition) is 4. The molecular formula is C17H27ClN4O. The summed E-state index contributed by atoms with van der Waals surface area (Å²) in [6.45, 7) is 7.58. The Balaban J connectivity index is 0.00000192. The molecule has 0 aromatic carbocycles. The number of nitrogens with one attached hydrogen (secondary N) is 1. The van der Waals surface area contributed by atoms with Crippen molar-refractivity contribution in [3.63, 3.8) is 0 Å². The van der Waals surface area contributed by atoms with Crippen LogP contribution in [0.2, 0.25) is 0 Å². The van der Waals surface area contributed by atoms with E-state index in [9.17, 15) is 4.79 Å². The van der Waals surface area contributed by atoms with Crippen LogP contribution in [0.3, 0.4) is 0 Å². The van der Waals surface area contributed by atoms with Crippen molar-refractivity contribution >= 4 is 18.3 Å². The van der Waals surface area contributed by atoms with Gasteiger partial charge < -0.3 is 10.2 Å². The van der Waals surface area contributed by atoms with Gasteiger partial charge in [0.05, 0.1) is 5.54 Å². The second kappa shape index (κ2) is 8.08. The molecule has 2 aliphatic rings. The van der Waals surface area contributed by atoms with Gasteiger partial charge in [-0.05, 0) is 37.4 Å². The van der Waals surface area contributed by atoms with Crippen molar-refractivity contribution in [2.24, 2.45) is 0 Å². The molecule has 5 nitrogen and oxygen atoms in total. The predicted octanol–water partition coefficient (Wildman–Crippen LogP) is 1.68. The van der Waals surface area contributed by atoms with Gasteiger partial charge in [-0.1, -0.05) is 13.0 Å². The van der Waals surface area contributed by atoms with Gasteiger partial charge in [0.25, 0.3) is 0 Å². The summed E-state index contributed by atoms with van der Waals surface area (Å²) in [5.74, 6) is 0.313. The number of hydrogen-bond donors (Lipinski definition) is 1. The third kappa shape index (κ3) is 4.03. The van der Waals surface area contributed by atoms with Crippen molar-refractivity contribution in [2.75, 3.05) is 32.7 Å². The van der Waals surface area contributed by atoms with Gasteiger partial charge in [0.15, 0.2) is 0 Å². The summed E-state index contributed by atoms with van der Waals surface area (Å²) in [4.78, 5) is 21.5. The second-order valence-electron chi connectivity index (χ2n) is 6.40. The first-order valence-electron chi connectivity index (χ1n) is 8.39. The number of piperazine rings is 1. The van der Waals surface area contributed by atoms with Crippen molar-refractivity contribution in [1.29, 1.82) is 0 Å². The van der Waals surface area contributed by atoms with Crippen LogP contribution >= 0.6 is 12.4 Å². The van der Waals surface area contributed by atoms with Crippen LogP contribution in [0.5, 0.6) is 0 Å². The van der Waals surface area contributed by atoms with E-state index in [-0.39, 0.29) is 17.9 Å². The molecule has 3 rings (SSSR count). The van der Waals surface area contributed by atoms with Crippen LogP contribution in [0.4, 0.5) is 0 Å². The van der Waals surface area contributed by atoms with Crippen LogP contribution < -0.4 is 5.32 Å². The van der Waals surface area contributed by atoms with Gasteiger partial charge in [0.2, 0.25) is 5.91 Å². The van der Waals surface area contributed by atoms with Gasteiger partial charge in [-0.2, -0.15) is 0 Å². The first kappa shape index (κ1) is 18.2. The zero-order chi connectivity index (χ0) is 15.4. The number of amides is 1. The molecule has 0 saturated carbocycles. The largest absolute Gasteiger partial charge is 0.339 e. The molecule has 6 heteroatoms. The third-order valence-electron chi connectivity index (χ3n) is 5.05. The van der Waals surface area contributed by atoms with E-state index in [0.29, 0.717) is 5.91 Å². The number of aromatic nitrogens is 1. The first-order chi connectivity index (χ1) is 10.7. The van der Waals surface area contributed by atoms with E-state index < -0.39 is 0 Å². The Kier molecular flexibility index (Phi) is 6.39. The lowest BCUT2D eigenvalue weighted by molar-refractivity contribution is -0.139. The normalized spacial score (nSPS) is 25.2. The average Bonchev–Trinajstić information content (AvgIpc) is 3.06. The lowest BCUT2D eigenvalue weighted by Gasteiger charge is -2.39. The van der Waals surface area contributed by atoms with Crippen molar-refractivity contribution in [3.8, 4) is 0 Å². The maximum absolute atomic E-state index is 12.9. The van der Waals surface area contributed by atoms with E-state index in [1.807, 2.05) is 12.3 Å². The Morgan fingerprint density at radius 3 is 2.70 bits per heavy atom. The molecule has 0 bridgehead atoms. The van der Waals surface area contributed by atoms with Crippen LogP contribution in [0, 0.1) is 0 Å². The highest BCUT2D eigenvalue weighted by molar-refractivity contribution is 5.86. The van der Waals surface area contributed by atoms with E-state index in [1.54, 1.807) is 6.20 Å². The van der Waals surface area contributed by atoms with Crippen molar-refractivity contribution < 1.29 is 4.79 Å². The quantitative estimate of drug-likeness (QED) is 0.907. The summed E-state index contributed by atoms with van der Waals surface area (Å²) in [6.07, 6.45) is 6.71. The monoisotopic (exact) mass is 338 g/mol. The standard InChI is InChI=1S/C17H26N4O.ClH/c1-2-17(6-4-8-19-17)16(22)21-11-9-20(10-12-21)14-15-5-3-7-18-13-15;/h3,5,7,13,19H,2,4,6,8-12,14H2,1H3;1H. The van der Waals surface area contributed by atoms with Crippen molar-refractivity contribution in [1.82, 2.24) is 20.1 Å². The van der Waals surface area contributed by atoms with Crippen LogP contribution in [0.1, 0.15) is 31.7 Å². The molecule has 1 atom stereocenters. The number of carbonyl (C=O) groups is 1. The van der Waals surface area contributed by atoms with Crippen LogP contribution in [-0.2, 0) is 11.3 Å². The molecule has 23 heavy (non-hydrogen) atoms. The van der Waals surface area contributed by atoms with Crippen molar-refractivity contribution in [2.45, 2.75) is 38.3 Å². The Hall–Kier alpha value is -1.17. The summed E-state index contributed by atoms with van der Waals surface area (Å²) in [6, 6.07) is 4.09. The highest BCUT2D eigenvalue weighted by Crippen LogP contribution is 2.26. The molecule has 2 aliphatic heterocycles. The highest BCUT2D eigenvalue weighted by atomic mass is 35.5. The predicted molar refractivity (Wildman–Crippen MR) is 93.6 cm³/mol. The zero-order valence-electron chi connectivity index (χ0n) is 13.8. The highest BCUT2D eigenvalue weighted by Gasteiger charge is 2.42. The maximum Gasteiger partial charge on any atom is 0.242 e. The Morgan fingerprint density at radius 2 is 2.13 bits per heavy atom. The van der Waals surface area contributed by atoms with Crippen molar-refractivity contribution in [3.05, 3.63) is 30.1 Å². The van der Waals surface area contributed by atoms with Crippen LogP contribution in [0.25, 0.3) is 0 Å². The minimum atomic E-state index is -0.286. The molecule has 128 valence electrons. The molecule has 1 N–H and O–H groups in total. The van der Waals surface area contributed by atoms with Gasteiger partial charge in [0.1, 0.15) is 0 Å². The molecule has 2 fully saturated rings. The topological polar surface area (TPSA) is 48.5 Å². The first-order valence-corrected chi connectivity index (χ1v) is 8.39. The molecule has 1 aromatic heterocycles. The number of rotatable bonds is 4. The molecule has 1 amide bonds. The minimum Gasteiger partial charge on any atom is -0.339 e. The van der Waals surface area contributed by atoms with E-state index in [2.05, 4.69) is 33.1 Å². The van der Waals surface area contributed by atoms with Gasteiger partial charge in [-0.15, -0.1) is 12.4 Å². The fourth-order valence-electron chi connectivity index (χ4n) is 3.60. The van der Waals surface area contributed by atoms with Gasteiger partial charge in [-0.25, -0.2) is 0 Å². The summed E-state index contributed by atoms with van der Waals surface area (Å²) in [5, 5.41) is 3.45. The molecule has 2 saturated heterocycles. The Morgan fingerprint density at radius 1 is 1.35 bits per heavy atom. The van der Waals surface area contributed by atoms with E-state index in [1.165, 1.54) is 5.56 Å².